The third-order valence-corrected chi connectivity index (χ3v) is 5.93. The quantitative estimate of drug-likeness (QED) is 0.940. The fourth-order valence-electron chi connectivity index (χ4n) is 4.36. The molecule has 0 aliphatic carbocycles. The van der Waals surface area contributed by atoms with Gasteiger partial charge < -0.3 is 9.88 Å². The molecule has 1 aromatic carbocycles. The fourth-order valence-corrected chi connectivity index (χ4v) is 4.36. The lowest BCUT2D eigenvalue weighted by molar-refractivity contribution is -0.130. The van der Waals surface area contributed by atoms with Crippen molar-refractivity contribution >= 4 is 16.8 Å². The number of hydrogen-bond acceptors (Lipinski definition) is 2. The van der Waals surface area contributed by atoms with Crippen LogP contribution in [0.25, 0.3) is 10.9 Å². The van der Waals surface area contributed by atoms with Gasteiger partial charge in [-0.1, -0.05) is 18.2 Å². The zero-order valence-electron chi connectivity index (χ0n) is 14.8. The normalized spacial score (nSPS) is 20.4. The minimum Gasteiger partial charge on any atom is -0.358 e. The van der Waals surface area contributed by atoms with Crippen molar-refractivity contribution < 1.29 is 4.79 Å². The van der Waals surface area contributed by atoms with Crippen LogP contribution in [0.3, 0.4) is 0 Å². The molecule has 4 heteroatoms. The molecular weight excluding hydrogens is 298 g/mol. The van der Waals surface area contributed by atoms with Crippen molar-refractivity contribution in [2.75, 3.05) is 19.6 Å². The van der Waals surface area contributed by atoms with Gasteiger partial charge in [0.15, 0.2) is 0 Å². The van der Waals surface area contributed by atoms with Crippen LogP contribution in [0.15, 0.2) is 18.2 Å². The van der Waals surface area contributed by atoms with E-state index >= 15 is 0 Å². The van der Waals surface area contributed by atoms with E-state index in [1.807, 2.05) is 0 Å². The van der Waals surface area contributed by atoms with Gasteiger partial charge in [0.25, 0.3) is 0 Å². The van der Waals surface area contributed by atoms with Gasteiger partial charge in [0.2, 0.25) is 5.91 Å². The highest BCUT2D eigenvalue weighted by Crippen LogP contribution is 2.27. The van der Waals surface area contributed by atoms with Crippen molar-refractivity contribution in [2.24, 2.45) is 0 Å². The summed E-state index contributed by atoms with van der Waals surface area (Å²) in [7, 11) is 0. The third-order valence-electron chi connectivity index (χ3n) is 5.93. The molecule has 2 aromatic rings. The number of para-hydroxylation sites is 1. The standard InChI is InChI=1S/C20H27N3O/c1-14-15(2)21-20-16(5-3-6-18(14)20)13-22-11-8-17(9-12-22)23-10-4-7-19(23)24/h3,5-6,17,21H,4,7-13H2,1-2H3. The lowest BCUT2D eigenvalue weighted by Crippen LogP contribution is -2.45. The van der Waals surface area contributed by atoms with Gasteiger partial charge >= 0.3 is 0 Å². The Labute approximate surface area is 143 Å². The van der Waals surface area contributed by atoms with Crippen molar-refractivity contribution in [3.63, 3.8) is 0 Å². The summed E-state index contributed by atoms with van der Waals surface area (Å²) in [4.78, 5) is 20.2. The van der Waals surface area contributed by atoms with Crippen LogP contribution in [0.2, 0.25) is 0 Å². The Kier molecular flexibility index (Phi) is 4.09. The molecule has 1 N–H and O–H groups in total. The van der Waals surface area contributed by atoms with Gasteiger partial charge in [-0.25, -0.2) is 0 Å². The van der Waals surface area contributed by atoms with Gasteiger partial charge in [-0.05, 0) is 44.2 Å². The Bertz CT molecular complexity index is 756. The van der Waals surface area contributed by atoms with E-state index < -0.39 is 0 Å². The van der Waals surface area contributed by atoms with E-state index in [2.05, 4.69) is 46.8 Å². The van der Waals surface area contributed by atoms with Crippen LogP contribution in [0, 0.1) is 13.8 Å². The molecule has 0 bridgehead atoms. The van der Waals surface area contributed by atoms with Crippen molar-refractivity contribution in [3.8, 4) is 0 Å². The summed E-state index contributed by atoms with van der Waals surface area (Å²) in [6.45, 7) is 8.49. The van der Waals surface area contributed by atoms with Crippen LogP contribution in [0.1, 0.15) is 42.5 Å². The van der Waals surface area contributed by atoms with E-state index in [1.165, 1.54) is 27.7 Å². The molecule has 1 amide bonds. The summed E-state index contributed by atoms with van der Waals surface area (Å²) in [6, 6.07) is 7.10. The maximum atomic E-state index is 11.9. The van der Waals surface area contributed by atoms with E-state index in [4.69, 9.17) is 0 Å². The fraction of sp³-hybridized carbons (Fsp3) is 0.550. The maximum absolute atomic E-state index is 11.9. The second kappa shape index (κ2) is 6.25. The third kappa shape index (κ3) is 2.73. The molecule has 2 fully saturated rings. The molecule has 0 spiro atoms. The summed E-state index contributed by atoms with van der Waals surface area (Å²) in [5.74, 6) is 0.371. The summed E-state index contributed by atoms with van der Waals surface area (Å²) < 4.78 is 0. The molecule has 2 aliphatic rings. The van der Waals surface area contributed by atoms with Crippen molar-refractivity contribution in [3.05, 3.63) is 35.0 Å². The smallest absolute Gasteiger partial charge is 0.222 e. The largest absolute Gasteiger partial charge is 0.358 e. The van der Waals surface area contributed by atoms with E-state index in [9.17, 15) is 4.79 Å². The predicted molar refractivity (Wildman–Crippen MR) is 97.0 cm³/mol. The van der Waals surface area contributed by atoms with Gasteiger partial charge in [-0.2, -0.15) is 0 Å². The summed E-state index contributed by atoms with van der Waals surface area (Å²) >= 11 is 0. The number of H-pyrrole nitrogens is 1. The highest BCUT2D eigenvalue weighted by atomic mass is 16.2. The van der Waals surface area contributed by atoms with Gasteiger partial charge in [0, 0.05) is 49.7 Å². The number of nitrogens with one attached hydrogen (secondary N) is 1. The molecule has 4 rings (SSSR count). The number of aryl methyl sites for hydroxylation is 2. The van der Waals surface area contributed by atoms with Crippen molar-refractivity contribution in [2.45, 2.75) is 52.1 Å². The van der Waals surface area contributed by atoms with E-state index in [0.29, 0.717) is 11.9 Å². The Morgan fingerprint density at radius 1 is 1.17 bits per heavy atom. The minimum absolute atomic E-state index is 0.371. The summed E-state index contributed by atoms with van der Waals surface area (Å²) in [5.41, 5.74) is 5.31. The predicted octanol–water partition coefficient (Wildman–Crippen LogP) is 3.37. The Hall–Kier alpha value is -1.81. The number of likely N-dealkylation sites (tertiary alicyclic amines) is 2. The monoisotopic (exact) mass is 325 g/mol. The zero-order chi connectivity index (χ0) is 16.7. The number of aromatic amines is 1. The Morgan fingerprint density at radius 3 is 2.67 bits per heavy atom. The molecule has 3 heterocycles. The number of piperidine rings is 1. The number of hydrogen-bond donors (Lipinski definition) is 1. The van der Waals surface area contributed by atoms with Gasteiger partial charge in [-0.15, -0.1) is 0 Å². The molecule has 0 atom stereocenters. The van der Waals surface area contributed by atoms with E-state index in [-0.39, 0.29) is 0 Å². The number of aromatic nitrogens is 1. The Morgan fingerprint density at radius 2 is 1.96 bits per heavy atom. The first kappa shape index (κ1) is 15.7. The highest BCUT2D eigenvalue weighted by Gasteiger charge is 2.30. The average molecular weight is 325 g/mol. The lowest BCUT2D eigenvalue weighted by atomic mass is 10.0. The molecule has 4 nitrogen and oxygen atoms in total. The van der Waals surface area contributed by atoms with Crippen LogP contribution in [-0.2, 0) is 11.3 Å². The van der Waals surface area contributed by atoms with E-state index in [0.717, 1.165) is 51.9 Å². The van der Waals surface area contributed by atoms with Crippen molar-refractivity contribution in [1.29, 1.82) is 0 Å². The first-order valence-corrected chi connectivity index (χ1v) is 9.22. The molecule has 24 heavy (non-hydrogen) atoms. The topological polar surface area (TPSA) is 39.3 Å². The first-order valence-electron chi connectivity index (χ1n) is 9.22. The van der Waals surface area contributed by atoms with Gasteiger partial charge in [0.05, 0.1) is 5.52 Å². The molecule has 2 aliphatic heterocycles. The highest BCUT2D eigenvalue weighted by molar-refractivity contribution is 5.87. The SMILES string of the molecule is Cc1[nH]c2c(CN3CCC(N4CCCC4=O)CC3)cccc2c1C. The van der Waals surface area contributed by atoms with Crippen molar-refractivity contribution in [1.82, 2.24) is 14.8 Å². The lowest BCUT2D eigenvalue weighted by Gasteiger charge is -2.36. The number of rotatable bonds is 3. The van der Waals surface area contributed by atoms with Crippen LogP contribution in [0.4, 0.5) is 0 Å². The molecule has 2 saturated heterocycles. The second-order valence-corrected chi connectivity index (χ2v) is 7.41. The summed E-state index contributed by atoms with van der Waals surface area (Å²) in [5, 5.41) is 1.35. The summed E-state index contributed by atoms with van der Waals surface area (Å²) in [6.07, 6.45) is 4.04. The minimum atomic E-state index is 0.371. The van der Waals surface area contributed by atoms with Crippen LogP contribution < -0.4 is 0 Å². The van der Waals surface area contributed by atoms with Gasteiger partial charge in [0.1, 0.15) is 0 Å². The van der Waals surface area contributed by atoms with Crippen LogP contribution in [-0.4, -0.2) is 46.4 Å². The molecule has 128 valence electrons. The average Bonchev–Trinajstić information content (AvgIpc) is 3.14. The molecule has 0 saturated carbocycles. The van der Waals surface area contributed by atoms with Crippen LogP contribution in [0.5, 0.6) is 0 Å². The molecule has 0 radical (unpaired) electrons. The number of fused-ring (bicyclic) bond motifs is 1. The first-order chi connectivity index (χ1) is 11.6. The van der Waals surface area contributed by atoms with Crippen LogP contribution >= 0.6 is 0 Å². The number of carbonyl (C=O) groups excluding carboxylic acids is 1. The molecular formula is C20H27N3O. The number of nitrogens with zero attached hydrogens (tertiary/aromatic N) is 2. The second-order valence-electron chi connectivity index (χ2n) is 7.41. The molecule has 0 unspecified atom stereocenters. The Balaban J connectivity index is 1.44. The van der Waals surface area contributed by atoms with E-state index in [1.54, 1.807) is 0 Å². The number of carbonyl (C=O) groups is 1. The number of benzene rings is 1. The molecule has 1 aromatic heterocycles. The maximum Gasteiger partial charge on any atom is 0.222 e. The zero-order valence-corrected chi connectivity index (χ0v) is 14.8. The number of amides is 1. The van der Waals surface area contributed by atoms with Gasteiger partial charge in [-0.3, -0.25) is 9.69 Å².